The van der Waals surface area contributed by atoms with Crippen LogP contribution in [0.3, 0.4) is 0 Å². The topological polar surface area (TPSA) is 54.7 Å². The van der Waals surface area contributed by atoms with Gasteiger partial charge in [0.05, 0.1) is 23.0 Å². The van der Waals surface area contributed by atoms with Gasteiger partial charge in [0, 0.05) is 6.07 Å². The number of hydrogen-bond donors (Lipinski definition) is 2. The van der Waals surface area contributed by atoms with E-state index in [1.807, 2.05) is 0 Å². The molecule has 0 unspecified atom stereocenters. The predicted octanol–water partition coefficient (Wildman–Crippen LogP) is 2.13. The number of anilines is 1. The number of rotatable bonds is 0. The van der Waals surface area contributed by atoms with Crippen molar-refractivity contribution in [1.82, 2.24) is 9.97 Å². The molecule has 2 rings (SSSR count). The Balaban J connectivity index is 0.000000720. The molecule has 1 heterocycles. The monoisotopic (exact) mass is 223 g/mol. The summed E-state index contributed by atoms with van der Waals surface area (Å²) in [6.45, 7) is 0. The van der Waals surface area contributed by atoms with Crippen molar-refractivity contribution in [2.75, 3.05) is 5.73 Å². The van der Waals surface area contributed by atoms with Crippen LogP contribution in [0.25, 0.3) is 11.0 Å². The van der Waals surface area contributed by atoms with Crippen LogP contribution in [-0.4, -0.2) is 9.97 Å². The van der Waals surface area contributed by atoms with E-state index >= 15 is 0 Å². The third-order valence-electron chi connectivity index (χ3n) is 1.54. The molecule has 0 radical (unpaired) electrons. The molecule has 0 amide bonds. The predicted molar refractivity (Wildman–Crippen MR) is 55.0 cm³/mol. The van der Waals surface area contributed by atoms with Gasteiger partial charge in [0.15, 0.2) is 0 Å². The molecule has 0 atom stereocenters. The van der Waals surface area contributed by atoms with Crippen LogP contribution in [0.1, 0.15) is 0 Å². The van der Waals surface area contributed by atoms with E-state index in [-0.39, 0.29) is 30.5 Å². The van der Waals surface area contributed by atoms with Gasteiger partial charge >= 0.3 is 0 Å². The zero-order valence-electron chi connectivity index (χ0n) is 6.45. The molecular formula is C7H8Cl2FN3. The molecule has 13 heavy (non-hydrogen) atoms. The smallest absolute Gasteiger partial charge is 0.148 e. The van der Waals surface area contributed by atoms with Gasteiger partial charge in [0.25, 0.3) is 0 Å². The van der Waals surface area contributed by atoms with Crippen molar-refractivity contribution in [3.8, 4) is 0 Å². The van der Waals surface area contributed by atoms with Crippen molar-refractivity contribution in [2.24, 2.45) is 0 Å². The van der Waals surface area contributed by atoms with Crippen LogP contribution < -0.4 is 5.73 Å². The number of nitrogens with zero attached hydrogens (tertiary/aromatic N) is 1. The molecule has 0 spiro atoms. The van der Waals surface area contributed by atoms with Crippen molar-refractivity contribution in [3.63, 3.8) is 0 Å². The molecule has 2 aromatic rings. The van der Waals surface area contributed by atoms with Gasteiger partial charge in [0.2, 0.25) is 0 Å². The fourth-order valence-electron chi connectivity index (χ4n) is 0.972. The molecule has 0 saturated heterocycles. The average molecular weight is 224 g/mol. The summed E-state index contributed by atoms with van der Waals surface area (Å²) in [5.74, 6) is -0.415. The number of fused-ring (bicyclic) bond motifs is 1. The van der Waals surface area contributed by atoms with Crippen LogP contribution in [0.4, 0.5) is 10.1 Å². The van der Waals surface area contributed by atoms with Crippen LogP contribution in [0.15, 0.2) is 18.5 Å². The third kappa shape index (κ3) is 2.02. The van der Waals surface area contributed by atoms with Crippen LogP contribution in [0.2, 0.25) is 0 Å². The molecule has 0 bridgehead atoms. The Morgan fingerprint density at radius 3 is 2.69 bits per heavy atom. The van der Waals surface area contributed by atoms with Gasteiger partial charge in [-0.15, -0.1) is 24.8 Å². The van der Waals surface area contributed by atoms with Crippen molar-refractivity contribution < 1.29 is 4.39 Å². The van der Waals surface area contributed by atoms with E-state index in [0.29, 0.717) is 11.0 Å². The van der Waals surface area contributed by atoms with Gasteiger partial charge in [0.1, 0.15) is 5.82 Å². The number of hydrogen-bond acceptors (Lipinski definition) is 2. The minimum Gasteiger partial charge on any atom is -0.396 e. The normalized spacial score (nSPS) is 9.00. The molecule has 3 N–H and O–H groups in total. The minimum atomic E-state index is -0.415. The molecule has 3 nitrogen and oxygen atoms in total. The quantitative estimate of drug-likeness (QED) is 0.673. The molecule has 72 valence electrons. The van der Waals surface area contributed by atoms with Gasteiger partial charge in [-0.3, -0.25) is 0 Å². The second kappa shape index (κ2) is 4.30. The SMILES string of the molecule is Cl.Cl.Nc1cc2nc[nH]c2cc1F. The van der Waals surface area contributed by atoms with E-state index in [9.17, 15) is 4.39 Å². The molecule has 0 aliphatic rings. The molecule has 0 saturated carbocycles. The Bertz CT molecular complexity index is 366. The first kappa shape index (κ1) is 12.0. The highest BCUT2D eigenvalue weighted by molar-refractivity contribution is 5.85. The van der Waals surface area contributed by atoms with E-state index in [2.05, 4.69) is 9.97 Å². The number of halogens is 3. The number of benzene rings is 1. The maximum absolute atomic E-state index is 12.8. The number of nitrogen functional groups attached to an aromatic ring is 1. The lowest BCUT2D eigenvalue weighted by Gasteiger charge is -1.93. The van der Waals surface area contributed by atoms with Crippen molar-refractivity contribution in [1.29, 1.82) is 0 Å². The Hall–Kier alpha value is -1.00. The number of nitrogens with two attached hydrogens (primary N) is 1. The van der Waals surface area contributed by atoms with Gasteiger partial charge in [-0.25, -0.2) is 9.37 Å². The zero-order chi connectivity index (χ0) is 7.84. The second-order valence-electron chi connectivity index (χ2n) is 2.29. The molecule has 0 aliphatic carbocycles. The fourth-order valence-corrected chi connectivity index (χ4v) is 0.972. The van der Waals surface area contributed by atoms with E-state index in [1.54, 1.807) is 0 Å². The highest BCUT2D eigenvalue weighted by Crippen LogP contribution is 2.16. The lowest BCUT2D eigenvalue weighted by atomic mass is 10.3. The summed E-state index contributed by atoms with van der Waals surface area (Å²) in [6, 6.07) is 2.83. The second-order valence-corrected chi connectivity index (χ2v) is 2.29. The van der Waals surface area contributed by atoms with Crippen LogP contribution in [0, 0.1) is 5.82 Å². The van der Waals surface area contributed by atoms with E-state index in [0.717, 1.165) is 0 Å². The third-order valence-corrected chi connectivity index (χ3v) is 1.54. The molecule has 0 fully saturated rings. The standard InChI is InChI=1S/C7H6FN3.2ClH/c8-4-1-6-7(2-5(4)9)11-3-10-6;;/h1-3H,9H2,(H,10,11);2*1H. The van der Waals surface area contributed by atoms with Gasteiger partial charge < -0.3 is 10.7 Å². The molecular weight excluding hydrogens is 216 g/mol. The van der Waals surface area contributed by atoms with Crippen molar-refractivity contribution in [3.05, 3.63) is 24.3 Å². The molecule has 0 aliphatic heterocycles. The summed E-state index contributed by atoms with van der Waals surface area (Å²) >= 11 is 0. The van der Waals surface area contributed by atoms with E-state index < -0.39 is 5.82 Å². The number of aromatic amines is 1. The largest absolute Gasteiger partial charge is 0.396 e. The summed E-state index contributed by atoms with van der Waals surface area (Å²) in [6.07, 6.45) is 1.50. The van der Waals surface area contributed by atoms with Crippen LogP contribution >= 0.6 is 24.8 Å². The molecule has 1 aromatic heterocycles. The summed E-state index contributed by atoms with van der Waals surface area (Å²) in [4.78, 5) is 6.70. The maximum atomic E-state index is 12.8. The van der Waals surface area contributed by atoms with E-state index in [4.69, 9.17) is 5.73 Å². The lowest BCUT2D eigenvalue weighted by Crippen LogP contribution is -1.89. The van der Waals surface area contributed by atoms with Crippen molar-refractivity contribution in [2.45, 2.75) is 0 Å². The number of imidazole rings is 1. The maximum Gasteiger partial charge on any atom is 0.148 e. The highest BCUT2D eigenvalue weighted by Gasteiger charge is 2.01. The first-order valence-electron chi connectivity index (χ1n) is 3.15. The van der Waals surface area contributed by atoms with Crippen LogP contribution in [0.5, 0.6) is 0 Å². The zero-order valence-corrected chi connectivity index (χ0v) is 8.08. The Morgan fingerprint density at radius 2 is 2.00 bits per heavy atom. The Kier molecular flexibility index (Phi) is 3.97. The van der Waals surface area contributed by atoms with Crippen molar-refractivity contribution >= 4 is 41.5 Å². The number of nitrogens with one attached hydrogen (secondary N) is 1. The molecule has 6 heteroatoms. The van der Waals surface area contributed by atoms with Gasteiger partial charge in [-0.2, -0.15) is 0 Å². The summed E-state index contributed by atoms with van der Waals surface area (Å²) < 4.78 is 12.8. The van der Waals surface area contributed by atoms with E-state index in [1.165, 1.54) is 18.5 Å². The Labute approximate surface area is 86.4 Å². The number of H-pyrrole nitrogens is 1. The summed E-state index contributed by atoms with van der Waals surface area (Å²) in [5, 5.41) is 0. The van der Waals surface area contributed by atoms with Crippen LogP contribution in [-0.2, 0) is 0 Å². The molecule has 1 aromatic carbocycles. The number of aromatic nitrogens is 2. The first-order valence-corrected chi connectivity index (χ1v) is 3.15. The van der Waals surface area contributed by atoms with Gasteiger partial charge in [-0.05, 0) is 6.07 Å². The fraction of sp³-hybridized carbons (Fsp3) is 0. The lowest BCUT2D eigenvalue weighted by molar-refractivity contribution is 0.634. The minimum absolute atomic E-state index is 0. The Morgan fingerprint density at radius 1 is 1.31 bits per heavy atom. The average Bonchev–Trinajstić information content (AvgIpc) is 2.36. The highest BCUT2D eigenvalue weighted by atomic mass is 35.5. The van der Waals surface area contributed by atoms with Gasteiger partial charge in [-0.1, -0.05) is 0 Å². The first-order chi connectivity index (χ1) is 5.27. The summed E-state index contributed by atoms with van der Waals surface area (Å²) in [7, 11) is 0. The summed E-state index contributed by atoms with van der Waals surface area (Å²) in [5.41, 5.74) is 6.79.